The number of nitrogens with one attached hydrogen (secondary N) is 1. The zero-order valence-corrected chi connectivity index (χ0v) is 11.0. The number of halogens is 1. The number of likely N-dealkylation sites (tertiary alicyclic amines) is 1. The van der Waals surface area contributed by atoms with Crippen LogP contribution < -0.4 is 5.32 Å². The van der Waals surface area contributed by atoms with Crippen molar-refractivity contribution in [1.82, 2.24) is 10.2 Å². The van der Waals surface area contributed by atoms with E-state index in [0.29, 0.717) is 25.1 Å². The van der Waals surface area contributed by atoms with Crippen LogP contribution in [0.4, 0.5) is 4.39 Å². The highest BCUT2D eigenvalue weighted by atomic mass is 19.1. The second kappa shape index (κ2) is 6.02. The Bertz CT molecular complexity index is 465. The van der Waals surface area contributed by atoms with Crippen LogP contribution in [0.5, 0.6) is 5.75 Å². The summed E-state index contributed by atoms with van der Waals surface area (Å²) in [6.07, 6.45) is 1.56. The predicted octanol–water partition coefficient (Wildman–Crippen LogP) is 1.63. The molecule has 0 saturated carbocycles. The summed E-state index contributed by atoms with van der Waals surface area (Å²) in [5.74, 6) is -0.0856. The minimum atomic E-state index is -0.364. The van der Waals surface area contributed by atoms with Crippen molar-refractivity contribution < 1.29 is 14.3 Å². The molecule has 1 aliphatic heterocycles. The summed E-state index contributed by atoms with van der Waals surface area (Å²) in [4.78, 5) is 13.3. The van der Waals surface area contributed by atoms with Crippen molar-refractivity contribution in [1.29, 1.82) is 0 Å². The summed E-state index contributed by atoms with van der Waals surface area (Å²) < 4.78 is 13.1. The molecule has 5 heteroatoms. The van der Waals surface area contributed by atoms with Gasteiger partial charge in [0.1, 0.15) is 11.6 Å². The highest BCUT2D eigenvalue weighted by molar-refractivity contribution is 5.78. The van der Waals surface area contributed by atoms with Gasteiger partial charge in [0, 0.05) is 37.7 Å². The van der Waals surface area contributed by atoms with E-state index in [1.165, 1.54) is 18.2 Å². The van der Waals surface area contributed by atoms with Crippen molar-refractivity contribution in [2.45, 2.75) is 32.4 Å². The molecule has 1 amide bonds. The summed E-state index contributed by atoms with van der Waals surface area (Å²) in [5, 5.41) is 12.8. The van der Waals surface area contributed by atoms with Gasteiger partial charge in [-0.05, 0) is 31.5 Å². The van der Waals surface area contributed by atoms with Crippen LogP contribution in [0.3, 0.4) is 0 Å². The van der Waals surface area contributed by atoms with Gasteiger partial charge in [0.05, 0.1) is 0 Å². The Morgan fingerprint density at radius 1 is 1.53 bits per heavy atom. The normalized spacial score (nSPS) is 16.9. The third-order valence-corrected chi connectivity index (χ3v) is 3.35. The smallest absolute Gasteiger partial charge is 0.222 e. The van der Waals surface area contributed by atoms with Crippen molar-refractivity contribution in [2.24, 2.45) is 0 Å². The number of nitrogens with zero attached hydrogens (tertiary/aromatic N) is 1. The lowest BCUT2D eigenvalue weighted by molar-refractivity contribution is -0.127. The SMILES string of the molecule is CC(CN1CCCC1=O)NCc1cc(F)ccc1O. The van der Waals surface area contributed by atoms with E-state index in [4.69, 9.17) is 0 Å². The first-order valence-corrected chi connectivity index (χ1v) is 6.55. The van der Waals surface area contributed by atoms with E-state index in [2.05, 4.69) is 5.32 Å². The number of rotatable bonds is 5. The van der Waals surface area contributed by atoms with Crippen LogP contribution >= 0.6 is 0 Å². The molecule has 1 aliphatic rings. The Morgan fingerprint density at radius 2 is 2.32 bits per heavy atom. The number of hydrogen-bond donors (Lipinski definition) is 2. The van der Waals surface area contributed by atoms with Gasteiger partial charge in [-0.25, -0.2) is 4.39 Å². The summed E-state index contributed by atoms with van der Waals surface area (Å²) in [5.41, 5.74) is 0.527. The quantitative estimate of drug-likeness (QED) is 0.851. The first-order valence-electron chi connectivity index (χ1n) is 6.55. The van der Waals surface area contributed by atoms with Gasteiger partial charge in [0.25, 0.3) is 0 Å². The lowest BCUT2D eigenvalue weighted by Crippen LogP contribution is -2.39. The van der Waals surface area contributed by atoms with Crippen molar-refractivity contribution in [2.75, 3.05) is 13.1 Å². The molecule has 1 unspecified atom stereocenters. The summed E-state index contributed by atoms with van der Waals surface area (Å²) in [6, 6.07) is 3.99. The highest BCUT2D eigenvalue weighted by Crippen LogP contribution is 2.17. The minimum absolute atomic E-state index is 0.0818. The zero-order valence-electron chi connectivity index (χ0n) is 11.0. The van der Waals surface area contributed by atoms with Crippen LogP contribution in [0.25, 0.3) is 0 Å². The Hall–Kier alpha value is -1.62. The molecule has 1 heterocycles. The van der Waals surface area contributed by atoms with E-state index in [0.717, 1.165) is 13.0 Å². The number of phenolic OH excluding ortho intramolecular Hbond substituents is 1. The van der Waals surface area contributed by atoms with Gasteiger partial charge in [-0.2, -0.15) is 0 Å². The van der Waals surface area contributed by atoms with E-state index >= 15 is 0 Å². The van der Waals surface area contributed by atoms with E-state index in [1.807, 2.05) is 11.8 Å². The molecule has 0 aliphatic carbocycles. The molecule has 1 aromatic carbocycles. The lowest BCUT2D eigenvalue weighted by atomic mass is 10.2. The Labute approximate surface area is 112 Å². The van der Waals surface area contributed by atoms with Crippen LogP contribution in [0, 0.1) is 5.82 Å². The van der Waals surface area contributed by atoms with Gasteiger partial charge in [0.2, 0.25) is 5.91 Å². The molecular weight excluding hydrogens is 247 g/mol. The van der Waals surface area contributed by atoms with Gasteiger partial charge in [-0.3, -0.25) is 4.79 Å². The molecule has 4 nitrogen and oxygen atoms in total. The number of aromatic hydroxyl groups is 1. The average Bonchev–Trinajstić information content (AvgIpc) is 2.76. The van der Waals surface area contributed by atoms with E-state index in [-0.39, 0.29) is 23.5 Å². The van der Waals surface area contributed by atoms with Gasteiger partial charge >= 0.3 is 0 Å². The predicted molar refractivity (Wildman–Crippen MR) is 70.2 cm³/mol. The third kappa shape index (κ3) is 3.67. The zero-order chi connectivity index (χ0) is 13.8. The second-order valence-corrected chi connectivity index (χ2v) is 5.00. The molecule has 2 rings (SSSR count). The number of phenols is 1. The van der Waals surface area contributed by atoms with E-state index in [9.17, 15) is 14.3 Å². The van der Waals surface area contributed by atoms with Crippen LogP contribution in [-0.2, 0) is 11.3 Å². The summed E-state index contributed by atoms with van der Waals surface area (Å²) >= 11 is 0. The number of benzene rings is 1. The standard InChI is InChI=1S/C14H19FN2O2/c1-10(9-17-6-2-3-14(17)19)16-8-11-7-12(15)4-5-13(11)18/h4-5,7,10,16,18H,2-3,6,8-9H2,1H3. The van der Waals surface area contributed by atoms with Gasteiger partial charge in [0.15, 0.2) is 0 Å². The van der Waals surface area contributed by atoms with Gasteiger partial charge in [-0.15, -0.1) is 0 Å². The van der Waals surface area contributed by atoms with Gasteiger partial charge in [-0.1, -0.05) is 0 Å². The number of carbonyl (C=O) groups excluding carboxylic acids is 1. The molecule has 0 aromatic heterocycles. The molecule has 0 bridgehead atoms. The molecule has 2 N–H and O–H groups in total. The number of amides is 1. The summed E-state index contributed by atoms with van der Waals surface area (Å²) in [6.45, 7) is 3.82. The molecule has 0 radical (unpaired) electrons. The molecule has 1 saturated heterocycles. The largest absolute Gasteiger partial charge is 0.508 e. The van der Waals surface area contributed by atoms with Crippen molar-refractivity contribution in [3.8, 4) is 5.75 Å². The Kier molecular flexibility index (Phi) is 4.37. The fraction of sp³-hybridized carbons (Fsp3) is 0.500. The fourth-order valence-corrected chi connectivity index (χ4v) is 2.27. The fourth-order valence-electron chi connectivity index (χ4n) is 2.27. The van der Waals surface area contributed by atoms with Crippen LogP contribution in [0.1, 0.15) is 25.3 Å². The molecule has 19 heavy (non-hydrogen) atoms. The highest BCUT2D eigenvalue weighted by Gasteiger charge is 2.21. The summed E-state index contributed by atoms with van der Waals surface area (Å²) in [7, 11) is 0. The van der Waals surface area contributed by atoms with Crippen molar-refractivity contribution >= 4 is 5.91 Å². The van der Waals surface area contributed by atoms with Crippen LogP contribution in [-0.4, -0.2) is 35.0 Å². The molecule has 1 atom stereocenters. The molecule has 1 fully saturated rings. The molecule has 104 valence electrons. The molecule has 1 aromatic rings. The maximum absolute atomic E-state index is 13.1. The minimum Gasteiger partial charge on any atom is -0.508 e. The van der Waals surface area contributed by atoms with Crippen LogP contribution in [0.2, 0.25) is 0 Å². The first-order chi connectivity index (χ1) is 9.06. The third-order valence-electron chi connectivity index (χ3n) is 3.35. The maximum Gasteiger partial charge on any atom is 0.222 e. The van der Waals surface area contributed by atoms with E-state index < -0.39 is 0 Å². The topological polar surface area (TPSA) is 52.6 Å². The second-order valence-electron chi connectivity index (χ2n) is 5.00. The first kappa shape index (κ1) is 13.8. The van der Waals surface area contributed by atoms with Crippen molar-refractivity contribution in [3.63, 3.8) is 0 Å². The maximum atomic E-state index is 13.1. The monoisotopic (exact) mass is 266 g/mol. The Balaban J connectivity index is 1.84. The van der Waals surface area contributed by atoms with E-state index in [1.54, 1.807) is 0 Å². The Morgan fingerprint density at radius 3 is 3.00 bits per heavy atom. The van der Waals surface area contributed by atoms with Crippen molar-refractivity contribution in [3.05, 3.63) is 29.6 Å². The van der Waals surface area contributed by atoms with Gasteiger partial charge < -0.3 is 15.3 Å². The lowest BCUT2D eigenvalue weighted by Gasteiger charge is -2.22. The molecule has 0 spiro atoms. The average molecular weight is 266 g/mol. The molecular formula is C14H19FN2O2. The number of carbonyl (C=O) groups is 1. The van der Waals surface area contributed by atoms with Crippen LogP contribution in [0.15, 0.2) is 18.2 Å². The number of hydrogen-bond acceptors (Lipinski definition) is 3.